The molecule has 94 valence electrons. The largest absolute Gasteiger partial charge is 0.481 e. The van der Waals surface area contributed by atoms with Gasteiger partial charge in [0.15, 0.2) is 0 Å². The van der Waals surface area contributed by atoms with E-state index in [0.29, 0.717) is 11.8 Å². The van der Waals surface area contributed by atoms with E-state index in [1.54, 1.807) is 0 Å². The molecule has 0 radical (unpaired) electrons. The standard InChI is InChI=1S/C13H19NO3/c1-7(15)14-13-5-8-2-9(6-13)4-10(3-8)11(13)12(16)17/h8-11H,2-6H2,1H3,(H,14,15)(H,16,17). The summed E-state index contributed by atoms with van der Waals surface area (Å²) in [4.78, 5) is 22.9. The molecule has 4 rings (SSSR count). The quantitative estimate of drug-likeness (QED) is 0.763. The highest BCUT2D eigenvalue weighted by molar-refractivity contribution is 5.78. The SMILES string of the molecule is CC(=O)NC12CC3CC(CC(C3)C1C(=O)O)C2. The second-order valence-corrected chi connectivity index (χ2v) is 6.26. The van der Waals surface area contributed by atoms with E-state index in [4.69, 9.17) is 0 Å². The lowest BCUT2D eigenvalue weighted by Gasteiger charge is -2.59. The third-order valence-corrected chi connectivity index (χ3v) is 5.00. The Labute approximate surface area is 101 Å². The Bertz CT molecular complexity index is 365. The lowest BCUT2D eigenvalue weighted by Crippen LogP contribution is -2.66. The summed E-state index contributed by atoms with van der Waals surface area (Å²) in [5.74, 6) is 0.385. The first-order valence-corrected chi connectivity index (χ1v) is 6.52. The van der Waals surface area contributed by atoms with Gasteiger partial charge in [-0.25, -0.2) is 0 Å². The topological polar surface area (TPSA) is 66.4 Å². The zero-order valence-corrected chi connectivity index (χ0v) is 10.1. The summed E-state index contributed by atoms with van der Waals surface area (Å²) in [6.45, 7) is 1.50. The van der Waals surface area contributed by atoms with Gasteiger partial charge in [-0.05, 0) is 49.9 Å². The van der Waals surface area contributed by atoms with Gasteiger partial charge in [0.05, 0.1) is 11.5 Å². The van der Waals surface area contributed by atoms with Crippen molar-refractivity contribution in [1.29, 1.82) is 0 Å². The van der Waals surface area contributed by atoms with E-state index < -0.39 is 11.5 Å². The van der Waals surface area contributed by atoms with Crippen molar-refractivity contribution in [2.45, 2.75) is 44.6 Å². The van der Waals surface area contributed by atoms with E-state index in [9.17, 15) is 14.7 Å². The van der Waals surface area contributed by atoms with Crippen LogP contribution in [0.1, 0.15) is 39.0 Å². The molecule has 0 aromatic carbocycles. The number of amides is 1. The molecule has 0 spiro atoms. The molecule has 0 aromatic heterocycles. The number of carbonyl (C=O) groups excluding carboxylic acids is 1. The molecule has 4 bridgehead atoms. The predicted octanol–water partition coefficient (Wildman–Crippen LogP) is 1.40. The van der Waals surface area contributed by atoms with Crippen LogP contribution in [0.4, 0.5) is 0 Å². The van der Waals surface area contributed by atoms with Crippen LogP contribution in [0.5, 0.6) is 0 Å². The second-order valence-electron chi connectivity index (χ2n) is 6.26. The zero-order chi connectivity index (χ0) is 12.2. The van der Waals surface area contributed by atoms with Crippen molar-refractivity contribution in [2.75, 3.05) is 0 Å². The molecule has 3 atom stereocenters. The first-order valence-electron chi connectivity index (χ1n) is 6.52. The van der Waals surface area contributed by atoms with Gasteiger partial charge in [-0.2, -0.15) is 0 Å². The highest BCUT2D eigenvalue weighted by Gasteiger charge is 2.60. The van der Waals surface area contributed by atoms with E-state index >= 15 is 0 Å². The summed E-state index contributed by atoms with van der Waals surface area (Å²) in [7, 11) is 0. The fourth-order valence-electron chi connectivity index (χ4n) is 5.01. The Morgan fingerprint density at radius 3 is 2.24 bits per heavy atom. The number of nitrogens with one attached hydrogen (secondary N) is 1. The number of carboxylic acids is 1. The summed E-state index contributed by atoms with van der Waals surface area (Å²) in [6, 6.07) is 0. The molecule has 4 fully saturated rings. The van der Waals surface area contributed by atoms with Crippen LogP contribution in [0, 0.1) is 23.7 Å². The molecule has 4 heteroatoms. The smallest absolute Gasteiger partial charge is 0.309 e. The fraction of sp³-hybridized carbons (Fsp3) is 0.846. The molecule has 3 unspecified atom stereocenters. The predicted molar refractivity (Wildman–Crippen MR) is 61.2 cm³/mol. The molecule has 0 heterocycles. The maximum atomic E-state index is 11.5. The summed E-state index contributed by atoms with van der Waals surface area (Å²) < 4.78 is 0. The Balaban J connectivity index is 1.97. The van der Waals surface area contributed by atoms with Crippen LogP contribution < -0.4 is 5.32 Å². The average Bonchev–Trinajstić information content (AvgIpc) is 2.11. The molecule has 4 aliphatic carbocycles. The molecule has 4 aliphatic rings. The summed E-state index contributed by atoms with van der Waals surface area (Å²) >= 11 is 0. The van der Waals surface area contributed by atoms with Gasteiger partial charge in [-0.15, -0.1) is 0 Å². The fourth-order valence-corrected chi connectivity index (χ4v) is 5.01. The van der Waals surface area contributed by atoms with E-state index in [2.05, 4.69) is 5.32 Å². The number of hydrogen-bond donors (Lipinski definition) is 2. The van der Waals surface area contributed by atoms with Crippen LogP contribution in [0.25, 0.3) is 0 Å². The number of carbonyl (C=O) groups is 2. The zero-order valence-electron chi connectivity index (χ0n) is 10.1. The van der Waals surface area contributed by atoms with Gasteiger partial charge in [-0.3, -0.25) is 9.59 Å². The third kappa shape index (κ3) is 1.57. The van der Waals surface area contributed by atoms with Crippen LogP contribution in [0.3, 0.4) is 0 Å². The van der Waals surface area contributed by atoms with Gasteiger partial charge in [0, 0.05) is 6.92 Å². The molecule has 17 heavy (non-hydrogen) atoms. The van der Waals surface area contributed by atoms with Crippen LogP contribution in [0.15, 0.2) is 0 Å². The monoisotopic (exact) mass is 237 g/mol. The average molecular weight is 237 g/mol. The summed E-state index contributed by atoms with van der Waals surface area (Å²) in [5.41, 5.74) is -0.438. The lowest BCUT2D eigenvalue weighted by atomic mass is 9.48. The van der Waals surface area contributed by atoms with E-state index in [1.165, 1.54) is 13.3 Å². The van der Waals surface area contributed by atoms with Crippen LogP contribution in [-0.2, 0) is 9.59 Å². The first-order chi connectivity index (χ1) is 8.00. The van der Waals surface area contributed by atoms with Crippen molar-refractivity contribution < 1.29 is 14.7 Å². The third-order valence-electron chi connectivity index (χ3n) is 5.00. The number of hydrogen-bond acceptors (Lipinski definition) is 2. The highest BCUT2D eigenvalue weighted by atomic mass is 16.4. The maximum Gasteiger partial charge on any atom is 0.309 e. The number of aliphatic carboxylic acids is 1. The molecule has 0 aliphatic heterocycles. The lowest BCUT2D eigenvalue weighted by molar-refractivity contribution is -0.162. The summed E-state index contributed by atoms with van der Waals surface area (Å²) in [5, 5.41) is 12.5. The van der Waals surface area contributed by atoms with Crippen molar-refractivity contribution in [3.05, 3.63) is 0 Å². The van der Waals surface area contributed by atoms with E-state index in [1.807, 2.05) is 0 Å². The highest BCUT2D eigenvalue weighted by Crippen LogP contribution is 2.58. The van der Waals surface area contributed by atoms with Gasteiger partial charge in [0.1, 0.15) is 0 Å². The molecule has 2 N–H and O–H groups in total. The number of carboxylic acid groups (broad SMARTS) is 1. The van der Waals surface area contributed by atoms with Gasteiger partial charge in [0.2, 0.25) is 5.91 Å². The second kappa shape index (κ2) is 3.47. The number of rotatable bonds is 2. The molecular formula is C13H19NO3. The Kier molecular flexibility index (Phi) is 2.25. The van der Waals surface area contributed by atoms with Crippen molar-refractivity contribution >= 4 is 11.9 Å². The molecule has 4 nitrogen and oxygen atoms in total. The summed E-state index contributed by atoms with van der Waals surface area (Å²) in [6.07, 6.45) is 5.08. The van der Waals surface area contributed by atoms with E-state index in [0.717, 1.165) is 25.7 Å². The minimum Gasteiger partial charge on any atom is -0.481 e. The Morgan fingerprint density at radius 1 is 1.18 bits per heavy atom. The van der Waals surface area contributed by atoms with Gasteiger partial charge < -0.3 is 10.4 Å². The van der Waals surface area contributed by atoms with Crippen LogP contribution in [0.2, 0.25) is 0 Å². The molecule has 0 aromatic rings. The molecule has 0 saturated heterocycles. The van der Waals surface area contributed by atoms with Crippen molar-refractivity contribution in [1.82, 2.24) is 5.32 Å². The van der Waals surface area contributed by atoms with Crippen molar-refractivity contribution in [3.8, 4) is 0 Å². The minimum atomic E-state index is -0.720. The van der Waals surface area contributed by atoms with Gasteiger partial charge in [-0.1, -0.05) is 0 Å². The van der Waals surface area contributed by atoms with Crippen LogP contribution in [-0.4, -0.2) is 22.5 Å². The van der Waals surface area contributed by atoms with Gasteiger partial charge >= 0.3 is 5.97 Å². The molecule has 1 amide bonds. The van der Waals surface area contributed by atoms with Crippen molar-refractivity contribution in [3.63, 3.8) is 0 Å². The normalized spacial score (nSPS) is 46.9. The van der Waals surface area contributed by atoms with Crippen LogP contribution >= 0.6 is 0 Å². The van der Waals surface area contributed by atoms with Crippen molar-refractivity contribution in [2.24, 2.45) is 23.7 Å². The van der Waals surface area contributed by atoms with E-state index in [-0.39, 0.29) is 17.7 Å². The maximum absolute atomic E-state index is 11.5. The molecular weight excluding hydrogens is 218 g/mol. The molecule has 4 saturated carbocycles. The Morgan fingerprint density at radius 2 is 1.76 bits per heavy atom. The first kappa shape index (κ1) is 11.1. The minimum absolute atomic E-state index is 0.0850. The van der Waals surface area contributed by atoms with Gasteiger partial charge in [0.25, 0.3) is 0 Å². The Hall–Kier alpha value is -1.06.